The van der Waals surface area contributed by atoms with E-state index in [1.807, 2.05) is 13.0 Å². The van der Waals surface area contributed by atoms with Gasteiger partial charge in [0.1, 0.15) is 0 Å². The molecule has 286 valence electrons. The van der Waals surface area contributed by atoms with E-state index >= 15 is 0 Å². The minimum Gasteiger partial charge on any atom is -0.310 e. The molecule has 1 unspecified atom stereocenters. The van der Waals surface area contributed by atoms with Crippen LogP contribution in [0.15, 0.2) is 164 Å². The highest BCUT2D eigenvalue weighted by Gasteiger charge is 2.54. The third kappa shape index (κ3) is 5.21. The van der Waals surface area contributed by atoms with E-state index in [9.17, 15) is 10.5 Å². The van der Waals surface area contributed by atoms with Crippen molar-refractivity contribution in [2.75, 3.05) is 9.80 Å². The van der Waals surface area contributed by atoms with Crippen molar-refractivity contribution >= 4 is 34.1 Å². The van der Waals surface area contributed by atoms with Crippen molar-refractivity contribution in [3.05, 3.63) is 225 Å². The second kappa shape index (κ2) is 14.0. The summed E-state index contributed by atoms with van der Waals surface area (Å²) in [5.74, 6) is 0. The van der Waals surface area contributed by atoms with Gasteiger partial charge in [0.2, 0.25) is 0 Å². The minimum atomic E-state index is -0.857. The molecule has 0 aliphatic heterocycles. The summed E-state index contributed by atoms with van der Waals surface area (Å²) in [7, 11) is 0. The van der Waals surface area contributed by atoms with E-state index < -0.39 is 5.41 Å². The maximum atomic E-state index is 10.8. The van der Waals surface area contributed by atoms with Gasteiger partial charge in [-0.2, -0.15) is 10.5 Å². The van der Waals surface area contributed by atoms with Crippen LogP contribution in [0.25, 0.3) is 22.3 Å². The number of hydrogen-bond donors (Lipinski definition) is 0. The van der Waals surface area contributed by atoms with Crippen molar-refractivity contribution in [2.24, 2.45) is 0 Å². The highest BCUT2D eigenvalue weighted by atomic mass is 15.2. The maximum absolute atomic E-state index is 10.8. The van der Waals surface area contributed by atoms with E-state index in [1.54, 1.807) is 0 Å². The van der Waals surface area contributed by atoms with Gasteiger partial charge in [0.25, 0.3) is 0 Å². The Hall–Kier alpha value is -7.66. The first-order chi connectivity index (χ1) is 29.3. The minimum absolute atomic E-state index is 0.604. The lowest BCUT2D eigenvalue weighted by Gasteiger charge is -2.36. The molecule has 0 saturated heterocycles. The van der Waals surface area contributed by atoms with Gasteiger partial charge in [0.15, 0.2) is 0 Å². The first kappa shape index (κ1) is 36.7. The van der Waals surface area contributed by atoms with Crippen molar-refractivity contribution < 1.29 is 0 Å². The van der Waals surface area contributed by atoms with Gasteiger partial charge in [-0.15, -0.1) is 0 Å². The summed E-state index contributed by atoms with van der Waals surface area (Å²) in [6.45, 7) is 10.8. The summed E-state index contributed by atoms with van der Waals surface area (Å²) in [6, 6.07) is 63.2. The van der Waals surface area contributed by atoms with Gasteiger partial charge in [-0.25, -0.2) is 0 Å². The SMILES string of the molecule is Cc1ccccc1N(c1ccccc1C)c1ccc2c(c1C)C1(c3cc(N(c4ccccc4)c4ccccc4)ccc3-2)c2cc(C#N)ccc2-c2cc(C)c(C#N)c(C)c21. The number of anilines is 6. The second-order valence-corrected chi connectivity index (χ2v) is 16.1. The molecule has 2 aliphatic rings. The molecule has 0 radical (unpaired) electrons. The van der Waals surface area contributed by atoms with Crippen LogP contribution in [0.4, 0.5) is 34.1 Å². The highest BCUT2D eigenvalue weighted by molar-refractivity contribution is 6.00. The first-order valence-corrected chi connectivity index (χ1v) is 20.5. The molecule has 4 nitrogen and oxygen atoms in total. The average molecular weight is 771 g/mol. The summed E-state index contributed by atoms with van der Waals surface area (Å²) in [5, 5.41) is 21.3. The molecule has 0 saturated carbocycles. The van der Waals surface area contributed by atoms with E-state index in [4.69, 9.17) is 0 Å². The average Bonchev–Trinajstić information content (AvgIpc) is 3.73. The predicted octanol–water partition coefficient (Wildman–Crippen LogP) is 14.3. The Labute approximate surface area is 352 Å². The lowest BCUT2D eigenvalue weighted by molar-refractivity contribution is 0.777. The van der Waals surface area contributed by atoms with Gasteiger partial charge in [0, 0.05) is 34.1 Å². The molecule has 1 spiro atoms. The number of rotatable bonds is 6. The molecule has 60 heavy (non-hydrogen) atoms. The van der Waals surface area contributed by atoms with E-state index in [1.165, 1.54) is 16.7 Å². The fourth-order valence-electron chi connectivity index (χ4n) is 10.3. The van der Waals surface area contributed by atoms with Crippen molar-refractivity contribution in [1.82, 2.24) is 0 Å². The second-order valence-electron chi connectivity index (χ2n) is 16.1. The van der Waals surface area contributed by atoms with Crippen molar-refractivity contribution in [3.63, 3.8) is 0 Å². The number of nitriles is 2. The summed E-state index contributed by atoms with van der Waals surface area (Å²) >= 11 is 0. The molecular weight excluding hydrogens is 729 g/mol. The topological polar surface area (TPSA) is 54.1 Å². The molecular formula is C56H42N4. The molecule has 1 atom stereocenters. The molecule has 0 N–H and O–H groups in total. The zero-order valence-corrected chi connectivity index (χ0v) is 34.4. The van der Waals surface area contributed by atoms with E-state index in [0.717, 1.165) is 89.8 Å². The monoisotopic (exact) mass is 770 g/mol. The lowest BCUT2D eigenvalue weighted by atomic mass is 9.67. The van der Waals surface area contributed by atoms with Crippen LogP contribution in [0.3, 0.4) is 0 Å². The van der Waals surface area contributed by atoms with E-state index in [-0.39, 0.29) is 0 Å². The number of hydrogen-bond acceptors (Lipinski definition) is 4. The molecule has 0 fully saturated rings. The highest BCUT2D eigenvalue weighted by Crippen LogP contribution is 2.66. The Morgan fingerprint density at radius 1 is 0.400 bits per heavy atom. The predicted molar refractivity (Wildman–Crippen MR) is 245 cm³/mol. The molecule has 4 heteroatoms. The van der Waals surface area contributed by atoms with Gasteiger partial charge >= 0.3 is 0 Å². The zero-order valence-electron chi connectivity index (χ0n) is 34.4. The standard InChI is InChI=1S/C56H42N4/c1-35-16-12-14-22-51(35)60(52-23-15-13-17-36(52)2)53-29-28-46-44-27-25-43(59(41-18-8-6-9-19-41)42-20-10-7-11-21-42)32-50(44)56(55(46)39(53)5)49-31-40(33-57)24-26-45(49)47-30-37(3)48(34-58)38(4)54(47)56/h6-32H,1-5H3. The van der Waals surface area contributed by atoms with Crippen LogP contribution in [-0.4, -0.2) is 0 Å². The molecule has 8 aromatic carbocycles. The smallest absolute Gasteiger partial charge is 0.0997 e. The van der Waals surface area contributed by atoms with Crippen molar-refractivity contribution in [2.45, 2.75) is 40.0 Å². The molecule has 8 aromatic rings. The van der Waals surface area contributed by atoms with E-state index in [0.29, 0.717) is 11.1 Å². The number of para-hydroxylation sites is 4. The van der Waals surface area contributed by atoms with Crippen LogP contribution in [0, 0.1) is 57.3 Å². The number of aryl methyl sites for hydroxylation is 3. The third-order valence-electron chi connectivity index (χ3n) is 12.9. The fourth-order valence-corrected chi connectivity index (χ4v) is 10.3. The van der Waals surface area contributed by atoms with Gasteiger partial charge in [-0.1, -0.05) is 91.0 Å². The molecule has 2 aliphatic carbocycles. The molecule has 10 rings (SSSR count). The number of benzene rings is 8. The molecule has 0 amide bonds. The first-order valence-electron chi connectivity index (χ1n) is 20.5. The molecule has 0 bridgehead atoms. The van der Waals surface area contributed by atoms with Crippen LogP contribution >= 0.6 is 0 Å². The number of nitrogens with zero attached hydrogens (tertiary/aromatic N) is 4. The summed E-state index contributed by atoms with van der Waals surface area (Å²) < 4.78 is 0. The zero-order chi connectivity index (χ0) is 41.3. The van der Waals surface area contributed by atoms with Crippen molar-refractivity contribution in [3.8, 4) is 34.4 Å². The van der Waals surface area contributed by atoms with Gasteiger partial charge in [-0.05, 0) is 180 Å². The van der Waals surface area contributed by atoms with Crippen LogP contribution < -0.4 is 9.80 Å². The Kier molecular flexibility index (Phi) is 8.57. The quantitative estimate of drug-likeness (QED) is 0.169. The fraction of sp³-hybridized carbons (Fsp3) is 0.107. The van der Waals surface area contributed by atoms with Crippen LogP contribution in [0.5, 0.6) is 0 Å². The number of fused-ring (bicyclic) bond motifs is 10. The maximum Gasteiger partial charge on any atom is 0.0997 e. The summed E-state index contributed by atoms with van der Waals surface area (Å²) in [4.78, 5) is 4.73. The van der Waals surface area contributed by atoms with Crippen LogP contribution in [0.1, 0.15) is 61.2 Å². The van der Waals surface area contributed by atoms with Gasteiger partial charge in [-0.3, -0.25) is 0 Å². The van der Waals surface area contributed by atoms with E-state index in [2.05, 4.69) is 207 Å². The lowest BCUT2D eigenvalue weighted by Crippen LogP contribution is -2.29. The molecule has 0 heterocycles. The summed E-state index contributed by atoms with van der Waals surface area (Å²) in [6.07, 6.45) is 0. The van der Waals surface area contributed by atoms with Gasteiger partial charge < -0.3 is 9.80 Å². The largest absolute Gasteiger partial charge is 0.310 e. The Bertz CT molecular complexity index is 3050. The Morgan fingerprint density at radius 2 is 0.933 bits per heavy atom. The Balaban J connectivity index is 1.36. The van der Waals surface area contributed by atoms with Crippen LogP contribution in [0.2, 0.25) is 0 Å². The van der Waals surface area contributed by atoms with Crippen molar-refractivity contribution in [1.29, 1.82) is 10.5 Å². The Morgan fingerprint density at radius 3 is 1.53 bits per heavy atom. The third-order valence-corrected chi connectivity index (χ3v) is 12.9. The van der Waals surface area contributed by atoms with Crippen LogP contribution in [-0.2, 0) is 5.41 Å². The normalized spacial score (nSPS) is 14.1. The molecule has 0 aromatic heterocycles. The summed E-state index contributed by atoms with van der Waals surface area (Å²) in [5.41, 5.74) is 21.2. The van der Waals surface area contributed by atoms with Gasteiger partial charge in [0.05, 0.1) is 28.7 Å².